The van der Waals surface area contributed by atoms with E-state index < -0.39 is 35.5 Å². The van der Waals surface area contributed by atoms with Gasteiger partial charge in [0.05, 0.1) is 13.2 Å². The Morgan fingerprint density at radius 2 is 1.22 bits per heavy atom. The third-order valence-corrected chi connectivity index (χ3v) is 7.76. The van der Waals surface area contributed by atoms with Crippen molar-refractivity contribution in [2.75, 3.05) is 14.2 Å². The molecule has 0 aliphatic carbocycles. The number of rotatable bonds is 9. The summed E-state index contributed by atoms with van der Waals surface area (Å²) in [6.07, 6.45) is 4.27. The second kappa shape index (κ2) is 16.2. The lowest BCUT2D eigenvalue weighted by Crippen LogP contribution is -2.49. The van der Waals surface area contributed by atoms with Crippen molar-refractivity contribution in [1.82, 2.24) is 24.8 Å². The number of amides is 3. The second-order valence-electron chi connectivity index (χ2n) is 14.6. The first-order valence-electron chi connectivity index (χ1n) is 16.6. The number of hydroxylamine groups is 2. The van der Waals surface area contributed by atoms with Crippen molar-refractivity contribution in [3.05, 3.63) is 71.0 Å². The number of hydrogen-bond donors (Lipinski definition) is 2. The Kier molecular flexibility index (Phi) is 12.9. The van der Waals surface area contributed by atoms with Gasteiger partial charge in [0.2, 0.25) is 0 Å². The largest absolute Gasteiger partial charge is 0.444 e. The number of ether oxygens (including phenoxy) is 2. The number of carbonyl (C=O) groups excluding carboxylic acids is 4. The molecule has 0 spiro atoms. The number of aromatic nitrogens is 2. The fraction of sp³-hybridized carbons (Fsp3) is 0.474. The number of likely N-dealkylation sites (N-methyl/N-ethyl adjacent to an activating group) is 1. The summed E-state index contributed by atoms with van der Waals surface area (Å²) in [5, 5.41) is 8.57. The van der Waals surface area contributed by atoms with Crippen LogP contribution < -0.4 is 10.6 Å². The molecule has 2 heterocycles. The summed E-state index contributed by atoms with van der Waals surface area (Å²) in [6, 6.07) is 11.0. The van der Waals surface area contributed by atoms with Crippen molar-refractivity contribution in [3.63, 3.8) is 0 Å². The van der Waals surface area contributed by atoms with Gasteiger partial charge in [0.25, 0.3) is 5.91 Å². The molecule has 3 amide bonds. The molecule has 0 aliphatic heterocycles. The van der Waals surface area contributed by atoms with Crippen LogP contribution in [0.4, 0.5) is 9.59 Å². The van der Waals surface area contributed by atoms with Gasteiger partial charge in [0.1, 0.15) is 23.5 Å². The lowest BCUT2D eigenvalue weighted by Gasteiger charge is -2.25. The van der Waals surface area contributed by atoms with Gasteiger partial charge in [0.15, 0.2) is 0 Å². The minimum atomic E-state index is -0.809. The molecule has 12 heteroatoms. The number of aldehydes is 1. The summed E-state index contributed by atoms with van der Waals surface area (Å²) in [6.45, 7) is 14.7. The number of nitrogens with zero attached hydrogens (tertiary/aromatic N) is 3. The van der Waals surface area contributed by atoms with Crippen molar-refractivity contribution in [2.45, 2.75) is 91.5 Å². The van der Waals surface area contributed by atoms with E-state index in [1.165, 1.54) is 14.2 Å². The van der Waals surface area contributed by atoms with Crippen molar-refractivity contribution in [2.24, 2.45) is 14.1 Å². The summed E-state index contributed by atoms with van der Waals surface area (Å²) in [4.78, 5) is 53.2. The van der Waals surface area contributed by atoms with Crippen molar-refractivity contribution < 1.29 is 33.5 Å². The molecule has 0 fully saturated rings. The summed E-state index contributed by atoms with van der Waals surface area (Å²) in [5.41, 5.74) is 5.22. The van der Waals surface area contributed by atoms with Gasteiger partial charge in [-0.25, -0.2) is 14.7 Å². The van der Waals surface area contributed by atoms with E-state index in [0.29, 0.717) is 12.8 Å². The summed E-state index contributed by atoms with van der Waals surface area (Å²) in [5.74, 6) is -0.354. The Labute approximate surface area is 295 Å². The van der Waals surface area contributed by atoms with E-state index in [2.05, 4.69) is 34.9 Å². The smallest absolute Gasteiger partial charge is 0.408 e. The van der Waals surface area contributed by atoms with Crippen molar-refractivity contribution in [3.8, 4) is 0 Å². The van der Waals surface area contributed by atoms with Crippen LogP contribution in [-0.2, 0) is 50.8 Å². The first kappa shape index (κ1) is 39.6. The number of benzene rings is 2. The Morgan fingerprint density at radius 1 is 0.780 bits per heavy atom. The molecule has 0 saturated heterocycles. The van der Waals surface area contributed by atoms with E-state index in [1.807, 2.05) is 61.6 Å². The first-order chi connectivity index (χ1) is 23.2. The van der Waals surface area contributed by atoms with Crippen molar-refractivity contribution in [1.29, 1.82) is 0 Å². The van der Waals surface area contributed by atoms with Gasteiger partial charge < -0.3 is 34.0 Å². The number of hydrogen-bond acceptors (Lipinski definition) is 7. The van der Waals surface area contributed by atoms with E-state index in [4.69, 9.17) is 14.3 Å². The lowest BCUT2D eigenvalue weighted by molar-refractivity contribution is -0.171. The quantitative estimate of drug-likeness (QED) is 0.161. The molecule has 2 N–H and O–H groups in total. The predicted molar refractivity (Wildman–Crippen MR) is 195 cm³/mol. The molecule has 0 radical (unpaired) electrons. The maximum absolute atomic E-state index is 12.7. The highest BCUT2D eigenvalue weighted by Gasteiger charge is 2.28. The molecule has 0 bridgehead atoms. The molecule has 50 heavy (non-hydrogen) atoms. The Balaban J connectivity index is 0.000000274. The number of alkyl carbamates (subject to hydrolysis) is 2. The number of carbonyl (C=O) groups is 4. The van der Waals surface area contributed by atoms with Crippen LogP contribution >= 0.6 is 0 Å². The van der Waals surface area contributed by atoms with Crippen molar-refractivity contribution >= 4 is 46.2 Å². The van der Waals surface area contributed by atoms with Gasteiger partial charge in [-0.15, -0.1) is 0 Å². The standard InChI is InChI=1S/C20H29N3O4.C18H24N2O3/c1-13-8-9-17-15(10-13)14(12-22(17)5)11-16(18(24)23(6)26-7)21-19(25)27-20(2,3)4;1-12-6-7-16-15(8-12)13(10-20(16)5)9-14(11-21)19-17(22)23-18(2,3)4/h8-10,12,16H,11H2,1-7H3,(H,21,25);6-8,10-11,14H,9H2,1-5H3,(H,19,22). The van der Waals surface area contributed by atoms with E-state index in [1.54, 1.807) is 41.5 Å². The maximum atomic E-state index is 12.7. The molecule has 0 aliphatic rings. The van der Waals surface area contributed by atoms with Crippen LogP contribution in [0, 0.1) is 13.8 Å². The second-order valence-corrected chi connectivity index (χ2v) is 14.6. The van der Waals surface area contributed by atoms with E-state index in [9.17, 15) is 19.2 Å². The van der Waals surface area contributed by atoms with Crippen LogP contribution in [0.2, 0.25) is 0 Å². The fourth-order valence-electron chi connectivity index (χ4n) is 5.51. The van der Waals surface area contributed by atoms with Gasteiger partial charge in [0, 0.05) is 68.2 Å². The highest BCUT2D eigenvalue weighted by molar-refractivity contribution is 5.89. The number of nitrogens with one attached hydrogen (secondary N) is 2. The molecule has 2 unspecified atom stereocenters. The molecule has 2 aromatic carbocycles. The minimum Gasteiger partial charge on any atom is -0.444 e. The molecular formula is C38H53N5O7. The Hall–Kier alpha value is -4.84. The maximum Gasteiger partial charge on any atom is 0.408 e. The zero-order valence-corrected chi connectivity index (χ0v) is 31.5. The molecule has 272 valence electrons. The van der Waals surface area contributed by atoms with E-state index in [-0.39, 0.29) is 5.91 Å². The molecule has 4 aromatic rings. The first-order valence-corrected chi connectivity index (χ1v) is 16.6. The molecule has 12 nitrogen and oxygen atoms in total. The highest BCUT2D eigenvalue weighted by Crippen LogP contribution is 2.25. The van der Waals surface area contributed by atoms with E-state index in [0.717, 1.165) is 55.4 Å². The highest BCUT2D eigenvalue weighted by atomic mass is 16.7. The monoisotopic (exact) mass is 691 g/mol. The zero-order valence-electron chi connectivity index (χ0n) is 31.5. The molecular weight excluding hydrogens is 638 g/mol. The van der Waals surface area contributed by atoms with Gasteiger partial charge in [-0.05, 0) is 90.8 Å². The van der Waals surface area contributed by atoms with Crippen LogP contribution in [0.5, 0.6) is 0 Å². The minimum absolute atomic E-state index is 0.326. The van der Waals surface area contributed by atoms with Crippen LogP contribution in [0.3, 0.4) is 0 Å². The Bertz CT molecular complexity index is 1830. The third-order valence-electron chi connectivity index (χ3n) is 7.76. The summed E-state index contributed by atoms with van der Waals surface area (Å²) in [7, 11) is 6.85. The zero-order chi connectivity index (χ0) is 37.6. The third kappa shape index (κ3) is 11.1. The average Bonchev–Trinajstić information content (AvgIpc) is 3.47. The SMILES string of the molecule is CON(C)C(=O)C(Cc1cn(C)c2ccc(C)cc12)NC(=O)OC(C)(C)C.Cc1ccc2c(c1)c(CC(C=O)NC(=O)OC(C)(C)C)cn2C. The molecule has 2 atom stereocenters. The predicted octanol–water partition coefficient (Wildman–Crippen LogP) is 6.06. The summed E-state index contributed by atoms with van der Waals surface area (Å²) < 4.78 is 14.6. The normalized spacial score (nSPS) is 12.8. The number of aryl methyl sites for hydroxylation is 4. The van der Waals surface area contributed by atoms with Gasteiger partial charge >= 0.3 is 12.2 Å². The van der Waals surface area contributed by atoms with Crippen LogP contribution in [-0.4, -0.2) is 76.0 Å². The van der Waals surface area contributed by atoms with Gasteiger partial charge in [-0.3, -0.25) is 9.63 Å². The average molecular weight is 692 g/mol. The van der Waals surface area contributed by atoms with E-state index >= 15 is 0 Å². The topological polar surface area (TPSA) is 133 Å². The number of fused-ring (bicyclic) bond motifs is 2. The van der Waals surface area contributed by atoms with Crippen LogP contribution in [0.15, 0.2) is 48.8 Å². The molecule has 0 saturated carbocycles. The summed E-state index contributed by atoms with van der Waals surface area (Å²) >= 11 is 0. The Morgan fingerprint density at radius 3 is 1.64 bits per heavy atom. The van der Waals surface area contributed by atoms with Crippen LogP contribution in [0.25, 0.3) is 21.8 Å². The van der Waals surface area contributed by atoms with Gasteiger partial charge in [-0.1, -0.05) is 23.3 Å². The lowest BCUT2D eigenvalue weighted by atomic mass is 10.0. The molecule has 4 rings (SSSR count). The fourth-order valence-corrected chi connectivity index (χ4v) is 5.51. The molecule has 2 aromatic heterocycles. The van der Waals surface area contributed by atoms with Crippen LogP contribution in [0.1, 0.15) is 63.8 Å². The van der Waals surface area contributed by atoms with Gasteiger partial charge in [-0.2, -0.15) is 0 Å².